The van der Waals surface area contributed by atoms with Gasteiger partial charge in [-0.15, -0.1) is 0 Å². The van der Waals surface area contributed by atoms with Gasteiger partial charge in [0.15, 0.2) is 0 Å². The van der Waals surface area contributed by atoms with E-state index >= 15 is 0 Å². The summed E-state index contributed by atoms with van der Waals surface area (Å²) in [6, 6.07) is 15.2. The third-order valence-corrected chi connectivity index (χ3v) is 4.42. The van der Waals surface area contributed by atoms with Crippen molar-refractivity contribution >= 4 is 27.7 Å². The van der Waals surface area contributed by atoms with Gasteiger partial charge in [0.2, 0.25) is 0 Å². The maximum Gasteiger partial charge on any atom is 0.0186 e. The van der Waals surface area contributed by atoms with Crippen LogP contribution in [0.4, 0.5) is 0 Å². The summed E-state index contributed by atoms with van der Waals surface area (Å²) >= 11 is 5.34. The molecule has 0 aliphatic rings. The van der Waals surface area contributed by atoms with Gasteiger partial charge in [-0.25, -0.2) is 0 Å². The average molecular weight is 336 g/mol. The minimum absolute atomic E-state index is 0.179. The van der Waals surface area contributed by atoms with Crippen molar-refractivity contribution in [1.82, 2.24) is 0 Å². The summed E-state index contributed by atoms with van der Waals surface area (Å²) in [6.45, 7) is 4.15. The molecule has 2 N–H and O–H groups in total. The Hall–Kier alpha value is -0.770. The van der Waals surface area contributed by atoms with Gasteiger partial charge >= 0.3 is 0 Å². The zero-order chi connectivity index (χ0) is 13.8. The van der Waals surface area contributed by atoms with Crippen LogP contribution in [-0.4, -0.2) is 6.04 Å². The number of halogens is 1. The second-order valence-corrected chi connectivity index (χ2v) is 6.88. The molecule has 0 aliphatic heterocycles. The van der Waals surface area contributed by atoms with Crippen LogP contribution in [0.25, 0.3) is 0 Å². The minimum atomic E-state index is 0.179. The van der Waals surface area contributed by atoms with Crippen LogP contribution in [-0.2, 0) is 6.42 Å². The third kappa shape index (κ3) is 4.37. The van der Waals surface area contributed by atoms with Crippen LogP contribution >= 0.6 is 27.7 Å². The zero-order valence-corrected chi connectivity index (χ0v) is 13.6. The average Bonchev–Trinajstić information content (AvgIpc) is 2.35. The standard InChI is InChI=1S/C16H18BrNS/c1-11-3-7-15(8-4-11)19-16-10-14(17)6-5-13(16)9-12(2)18/h3-8,10,12H,9,18H2,1-2H3. The SMILES string of the molecule is Cc1ccc(Sc2cc(Br)ccc2CC(C)N)cc1. The lowest BCUT2D eigenvalue weighted by atomic mass is 10.1. The maximum atomic E-state index is 5.92. The topological polar surface area (TPSA) is 26.0 Å². The Labute approximate surface area is 127 Å². The van der Waals surface area contributed by atoms with E-state index in [0.29, 0.717) is 0 Å². The van der Waals surface area contributed by atoms with Crippen molar-refractivity contribution in [3.05, 3.63) is 58.1 Å². The highest BCUT2D eigenvalue weighted by molar-refractivity contribution is 9.10. The van der Waals surface area contributed by atoms with Crippen molar-refractivity contribution < 1.29 is 0 Å². The largest absolute Gasteiger partial charge is 0.328 e. The highest BCUT2D eigenvalue weighted by Gasteiger charge is 2.07. The first kappa shape index (κ1) is 14.6. The van der Waals surface area contributed by atoms with E-state index in [0.717, 1.165) is 10.9 Å². The second-order valence-electron chi connectivity index (χ2n) is 4.85. The zero-order valence-electron chi connectivity index (χ0n) is 11.2. The molecule has 2 aromatic carbocycles. The van der Waals surface area contributed by atoms with Crippen molar-refractivity contribution in [2.75, 3.05) is 0 Å². The molecule has 0 spiro atoms. The van der Waals surface area contributed by atoms with Gasteiger partial charge in [0.1, 0.15) is 0 Å². The first-order valence-electron chi connectivity index (χ1n) is 6.33. The highest BCUT2D eigenvalue weighted by Crippen LogP contribution is 2.33. The summed E-state index contributed by atoms with van der Waals surface area (Å²) in [7, 11) is 0. The van der Waals surface area contributed by atoms with E-state index in [9.17, 15) is 0 Å². The Bertz CT molecular complexity index is 549. The van der Waals surface area contributed by atoms with Gasteiger partial charge in [0, 0.05) is 20.3 Å². The molecule has 0 saturated carbocycles. The van der Waals surface area contributed by atoms with Crippen molar-refractivity contribution in [3.63, 3.8) is 0 Å². The van der Waals surface area contributed by atoms with Crippen LogP contribution in [0, 0.1) is 6.92 Å². The van der Waals surface area contributed by atoms with Crippen molar-refractivity contribution in [1.29, 1.82) is 0 Å². The molecule has 0 aromatic heterocycles. The molecule has 19 heavy (non-hydrogen) atoms. The van der Waals surface area contributed by atoms with Crippen LogP contribution in [0.5, 0.6) is 0 Å². The van der Waals surface area contributed by atoms with Crippen LogP contribution < -0.4 is 5.73 Å². The summed E-state index contributed by atoms with van der Waals surface area (Å²) in [5, 5.41) is 0. The van der Waals surface area contributed by atoms with E-state index in [2.05, 4.69) is 65.3 Å². The lowest BCUT2D eigenvalue weighted by molar-refractivity contribution is 0.729. The summed E-state index contributed by atoms with van der Waals surface area (Å²) < 4.78 is 1.11. The summed E-state index contributed by atoms with van der Waals surface area (Å²) in [5.41, 5.74) is 8.52. The van der Waals surface area contributed by atoms with Gasteiger partial charge in [-0.2, -0.15) is 0 Å². The molecule has 0 aliphatic carbocycles. The van der Waals surface area contributed by atoms with Crippen LogP contribution in [0.3, 0.4) is 0 Å². The molecule has 0 saturated heterocycles. The molecule has 0 radical (unpaired) electrons. The molecule has 2 aromatic rings. The molecule has 2 rings (SSSR count). The van der Waals surface area contributed by atoms with Gasteiger partial charge in [-0.05, 0) is 50.1 Å². The van der Waals surface area contributed by atoms with Crippen LogP contribution in [0.1, 0.15) is 18.1 Å². The van der Waals surface area contributed by atoms with Gasteiger partial charge in [-0.1, -0.05) is 51.5 Å². The van der Waals surface area contributed by atoms with Gasteiger partial charge in [0.25, 0.3) is 0 Å². The molecule has 1 nitrogen and oxygen atoms in total. The van der Waals surface area contributed by atoms with Crippen molar-refractivity contribution in [2.24, 2.45) is 5.73 Å². The van der Waals surface area contributed by atoms with E-state index in [4.69, 9.17) is 5.73 Å². The fourth-order valence-electron chi connectivity index (χ4n) is 1.87. The van der Waals surface area contributed by atoms with Gasteiger partial charge < -0.3 is 5.73 Å². The summed E-state index contributed by atoms with van der Waals surface area (Å²) in [6.07, 6.45) is 0.904. The number of aryl methyl sites for hydroxylation is 1. The molecular formula is C16H18BrNS. The second kappa shape index (κ2) is 6.60. The monoisotopic (exact) mass is 335 g/mol. The first-order valence-corrected chi connectivity index (χ1v) is 7.94. The predicted octanol–water partition coefficient (Wildman–Crippen LogP) is 4.80. The van der Waals surface area contributed by atoms with E-state index in [1.807, 2.05) is 6.92 Å². The molecule has 1 atom stereocenters. The molecule has 3 heteroatoms. The predicted molar refractivity (Wildman–Crippen MR) is 86.8 cm³/mol. The van der Waals surface area contributed by atoms with E-state index in [-0.39, 0.29) is 6.04 Å². The molecular weight excluding hydrogens is 318 g/mol. The van der Waals surface area contributed by atoms with Crippen LogP contribution in [0.2, 0.25) is 0 Å². The third-order valence-electron chi connectivity index (χ3n) is 2.82. The van der Waals surface area contributed by atoms with E-state index in [1.165, 1.54) is 20.9 Å². The van der Waals surface area contributed by atoms with Gasteiger partial charge in [0.05, 0.1) is 0 Å². The Morgan fingerprint density at radius 1 is 1.16 bits per heavy atom. The number of rotatable bonds is 4. The highest BCUT2D eigenvalue weighted by atomic mass is 79.9. The van der Waals surface area contributed by atoms with E-state index < -0.39 is 0 Å². The number of hydrogen-bond acceptors (Lipinski definition) is 2. The van der Waals surface area contributed by atoms with Crippen molar-refractivity contribution in [3.8, 4) is 0 Å². The molecule has 0 fully saturated rings. The molecule has 0 amide bonds. The normalized spacial score (nSPS) is 12.4. The molecule has 0 heterocycles. The summed E-state index contributed by atoms with van der Waals surface area (Å²) in [4.78, 5) is 2.53. The number of nitrogens with two attached hydrogens (primary N) is 1. The Balaban J connectivity index is 2.27. The Kier molecular flexibility index (Phi) is 5.08. The quantitative estimate of drug-likeness (QED) is 0.868. The van der Waals surface area contributed by atoms with Crippen molar-refractivity contribution in [2.45, 2.75) is 36.1 Å². The smallest absolute Gasteiger partial charge is 0.0186 e. The lowest BCUT2D eigenvalue weighted by Crippen LogP contribution is -2.18. The maximum absolute atomic E-state index is 5.92. The van der Waals surface area contributed by atoms with Crippen LogP contribution in [0.15, 0.2) is 56.7 Å². The molecule has 1 unspecified atom stereocenters. The fourth-order valence-corrected chi connectivity index (χ4v) is 3.38. The number of hydrogen-bond donors (Lipinski definition) is 1. The Morgan fingerprint density at radius 2 is 1.84 bits per heavy atom. The van der Waals surface area contributed by atoms with E-state index in [1.54, 1.807) is 11.8 Å². The molecule has 0 bridgehead atoms. The lowest BCUT2D eigenvalue weighted by Gasteiger charge is -2.12. The van der Waals surface area contributed by atoms with Gasteiger partial charge in [-0.3, -0.25) is 0 Å². The fraction of sp³-hybridized carbons (Fsp3) is 0.250. The summed E-state index contributed by atoms with van der Waals surface area (Å²) in [5.74, 6) is 0. The Morgan fingerprint density at radius 3 is 2.47 bits per heavy atom. The first-order chi connectivity index (χ1) is 9.04. The minimum Gasteiger partial charge on any atom is -0.328 e. The number of benzene rings is 2. The molecule has 100 valence electrons.